The van der Waals surface area contributed by atoms with Gasteiger partial charge < -0.3 is 10.2 Å². The van der Waals surface area contributed by atoms with Gasteiger partial charge in [-0.15, -0.1) is 0 Å². The molecule has 10 heteroatoms. The van der Waals surface area contributed by atoms with Crippen LogP contribution in [0.2, 0.25) is 0 Å². The third-order valence-corrected chi connectivity index (χ3v) is 0.550. The second-order valence-corrected chi connectivity index (χ2v) is 2.64. The Morgan fingerprint density at radius 3 is 1.36 bits per heavy atom. The van der Waals surface area contributed by atoms with Crippen LogP contribution in [-0.4, -0.2) is 45.5 Å². The molecule has 0 heterocycles. The molecule has 0 aliphatic heterocycles. The minimum atomic E-state index is -4.67. The van der Waals surface area contributed by atoms with E-state index in [0.717, 1.165) is 0 Å². The van der Waals surface area contributed by atoms with Crippen molar-refractivity contribution in [2.24, 2.45) is 0 Å². The van der Waals surface area contributed by atoms with Crippen LogP contribution in [0.5, 0.6) is 0 Å². The van der Waals surface area contributed by atoms with Crippen molar-refractivity contribution < 1.29 is 42.1 Å². The number of carbonyl (C=O) groups is 3. The van der Waals surface area contributed by atoms with Gasteiger partial charge in [-0.05, 0) is 0 Å². The van der Waals surface area contributed by atoms with E-state index >= 15 is 0 Å². The van der Waals surface area contributed by atoms with Crippen LogP contribution >= 0.6 is 0 Å². The predicted molar refractivity (Wildman–Crippen MR) is 39.1 cm³/mol. The number of hydrogen-bond acceptors (Lipinski definition) is 5. The van der Waals surface area contributed by atoms with E-state index in [0.29, 0.717) is 0 Å². The standard InChI is InChI=1S/C4H4O5.H2O4S/c5-2(4(8)9)1-3(6)7;1-5(2,3)4/h1H2,(H,6,7)(H,8,9);(H2,1,2,3,4). The molecule has 82 valence electrons. The van der Waals surface area contributed by atoms with Gasteiger partial charge in [-0.3, -0.25) is 18.7 Å². The van der Waals surface area contributed by atoms with Gasteiger partial charge in [0.1, 0.15) is 6.42 Å². The number of carboxylic acid groups (broad SMARTS) is 2. The van der Waals surface area contributed by atoms with E-state index in [9.17, 15) is 14.4 Å². The molecule has 0 aromatic rings. The summed E-state index contributed by atoms with van der Waals surface area (Å²) in [5, 5.41) is 15.7. The van der Waals surface area contributed by atoms with Crippen LogP contribution in [0.25, 0.3) is 0 Å². The Bertz CT molecular complexity index is 317. The topological polar surface area (TPSA) is 166 Å². The maximum atomic E-state index is 9.97. The van der Waals surface area contributed by atoms with Crippen LogP contribution in [0.1, 0.15) is 6.42 Å². The summed E-state index contributed by atoms with van der Waals surface area (Å²) < 4.78 is 31.6. The Hall–Kier alpha value is -1.52. The van der Waals surface area contributed by atoms with Crippen LogP contribution in [0.3, 0.4) is 0 Å². The van der Waals surface area contributed by atoms with Crippen molar-refractivity contribution in [3.8, 4) is 0 Å². The van der Waals surface area contributed by atoms with Crippen molar-refractivity contribution in [2.45, 2.75) is 6.42 Å². The number of rotatable bonds is 3. The number of hydrogen-bond donors (Lipinski definition) is 4. The first-order valence-corrected chi connectivity index (χ1v) is 4.11. The number of carbonyl (C=O) groups excluding carboxylic acids is 1. The van der Waals surface area contributed by atoms with Gasteiger partial charge in [0.25, 0.3) is 5.78 Å². The lowest BCUT2D eigenvalue weighted by molar-refractivity contribution is -0.152. The van der Waals surface area contributed by atoms with E-state index in [1.54, 1.807) is 0 Å². The largest absolute Gasteiger partial charge is 0.481 e. The van der Waals surface area contributed by atoms with E-state index in [4.69, 9.17) is 27.7 Å². The molecule has 9 nitrogen and oxygen atoms in total. The number of aliphatic carboxylic acids is 2. The van der Waals surface area contributed by atoms with E-state index in [2.05, 4.69) is 0 Å². The van der Waals surface area contributed by atoms with Crippen LogP contribution in [-0.2, 0) is 24.8 Å². The van der Waals surface area contributed by atoms with Gasteiger partial charge in [0, 0.05) is 0 Å². The first kappa shape index (κ1) is 15.0. The van der Waals surface area contributed by atoms with Gasteiger partial charge in [0.05, 0.1) is 0 Å². The van der Waals surface area contributed by atoms with Crippen molar-refractivity contribution >= 4 is 28.1 Å². The Kier molecular flexibility index (Phi) is 6.43. The monoisotopic (exact) mass is 230 g/mol. The molecule has 0 saturated carbocycles. The Morgan fingerprint density at radius 1 is 1.00 bits per heavy atom. The molecule has 0 spiro atoms. The molecule has 0 aliphatic rings. The molecule has 0 radical (unpaired) electrons. The van der Waals surface area contributed by atoms with Gasteiger partial charge >= 0.3 is 22.3 Å². The highest BCUT2D eigenvalue weighted by molar-refractivity contribution is 7.79. The molecule has 0 rings (SSSR count). The molecule has 0 bridgehead atoms. The Morgan fingerprint density at radius 2 is 1.29 bits per heavy atom. The molecule has 0 saturated heterocycles. The van der Waals surface area contributed by atoms with Crippen molar-refractivity contribution in [3.05, 3.63) is 0 Å². The van der Waals surface area contributed by atoms with Gasteiger partial charge in [-0.2, -0.15) is 8.42 Å². The molecule has 0 atom stereocenters. The van der Waals surface area contributed by atoms with Gasteiger partial charge in [-0.1, -0.05) is 0 Å². The summed E-state index contributed by atoms with van der Waals surface area (Å²) in [6.45, 7) is 0. The molecule has 0 aliphatic carbocycles. The SMILES string of the molecule is O=C(O)CC(=O)C(=O)O.O=S(=O)(O)O. The molecule has 0 aromatic carbocycles. The Labute approximate surface area is 77.5 Å². The summed E-state index contributed by atoms with van der Waals surface area (Å²) in [7, 11) is -4.67. The van der Waals surface area contributed by atoms with E-state index < -0.39 is 34.5 Å². The van der Waals surface area contributed by atoms with E-state index in [1.165, 1.54) is 0 Å². The van der Waals surface area contributed by atoms with Crippen molar-refractivity contribution in [3.63, 3.8) is 0 Å². The fourth-order valence-electron chi connectivity index (χ4n) is 0.213. The van der Waals surface area contributed by atoms with Crippen LogP contribution in [0, 0.1) is 0 Å². The summed E-state index contributed by atoms with van der Waals surface area (Å²) in [6.07, 6.45) is -0.949. The Balaban J connectivity index is 0. The lowest BCUT2D eigenvalue weighted by atomic mass is 10.3. The summed E-state index contributed by atoms with van der Waals surface area (Å²) in [5.74, 6) is -4.44. The summed E-state index contributed by atoms with van der Waals surface area (Å²) in [4.78, 5) is 29.2. The van der Waals surface area contributed by atoms with Gasteiger partial charge in [0.15, 0.2) is 0 Å². The normalized spacial score (nSPS) is 9.57. The van der Waals surface area contributed by atoms with Crippen molar-refractivity contribution in [1.82, 2.24) is 0 Å². The highest BCUT2D eigenvalue weighted by Gasteiger charge is 2.14. The van der Waals surface area contributed by atoms with Crippen molar-refractivity contribution in [2.75, 3.05) is 0 Å². The fraction of sp³-hybridized carbons (Fsp3) is 0.250. The minimum Gasteiger partial charge on any atom is -0.481 e. The lowest BCUT2D eigenvalue weighted by Crippen LogP contribution is -2.16. The van der Waals surface area contributed by atoms with Crippen LogP contribution < -0.4 is 0 Å². The zero-order valence-corrected chi connectivity index (χ0v) is 7.26. The van der Waals surface area contributed by atoms with Gasteiger partial charge in [0.2, 0.25) is 0 Å². The van der Waals surface area contributed by atoms with Crippen LogP contribution in [0.4, 0.5) is 0 Å². The average molecular weight is 230 g/mol. The third kappa shape index (κ3) is 22.4. The highest BCUT2D eigenvalue weighted by Crippen LogP contribution is 1.81. The molecule has 0 fully saturated rings. The fourth-order valence-corrected chi connectivity index (χ4v) is 0.213. The smallest absolute Gasteiger partial charge is 0.394 e. The second-order valence-electron chi connectivity index (χ2n) is 1.75. The molecule has 14 heavy (non-hydrogen) atoms. The first-order chi connectivity index (χ1) is 6.04. The maximum Gasteiger partial charge on any atom is 0.394 e. The van der Waals surface area contributed by atoms with E-state index in [-0.39, 0.29) is 0 Å². The summed E-state index contributed by atoms with van der Waals surface area (Å²) >= 11 is 0. The third-order valence-electron chi connectivity index (χ3n) is 0.550. The van der Waals surface area contributed by atoms with Crippen molar-refractivity contribution in [1.29, 1.82) is 0 Å². The lowest BCUT2D eigenvalue weighted by Gasteiger charge is -1.85. The first-order valence-electron chi connectivity index (χ1n) is 2.72. The molecule has 4 N–H and O–H groups in total. The molecular formula is C4H6O9S. The highest BCUT2D eigenvalue weighted by atomic mass is 32.3. The summed E-state index contributed by atoms with van der Waals surface area (Å²) in [6, 6.07) is 0. The molecule has 0 amide bonds. The summed E-state index contributed by atoms with van der Waals surface area (Å²) in [5.41, 5.74) is 0. The number of Topliss-reactive ketones (excluding diaryl/α,β-unsaturated/α-hetero) is 1. The molecule has 0 unspecified atom stereocenters. The number of carboxylic acids is 2. The molecular weight excluding hydrogens is 224 g/mol. The quantitative estimate of drug-likeness (QED) is 0.255. The zero-order chi connectivity index (χ0) is 11.9. The predicted octanol–water partition coefficient (Wildman–Crippen LogP) is -1.54. The van der Waals surface area contributed by atoms with Crippen LogP contribution in [0.15, 0.2) is 0 Å². The van der Waals surface area contributed by atoms with Gasteiger partial charge in [-0.25, -0.2) is 4.79 Å². The second kappa shape index (κ2) is 6.01. The average Bonchev–Trinajstić information content (AvgIpc) is 1.80. The minimum absolute atomic E-state index is 0.949. The number of ketones is 1. The van der Waals surface area contributed by atoms with E-state index in [1.807, 2.05) is 0 Å². The maximum absolute atomic E-state index is 9.97. The molecule has 0 aromatic heterocycles. The zero-order valence-electron chi connectivity index (χ0n) is 6.45.